The predicted molar refractivity (Wildman–Crippen MR) is 77.0 cm³/mol. The van der Waals surface area contributed by atoms with Crippen LogP contribution in [-0.4, -0.2) is 20.6 Å². The quantitative estimate of drug-likeness (QED) is 0.792. The fourth-order valence-corrected chi connectivity index (χ4v) is 2.33. The topological polar surface area (TPSA) is 55.1 Å². The summed E-state index contributed by atoms with van der Waals surface area (Å²) in [7, 11) is 0. The van der Waals surface area contributed by atoms with E-state index in [0.29, 0.717) is 12.1 Å². The Morgan fingerprint density at radius 2 is 2.05 bits per heavy atom. The molecule has 0 saturated heterocycles. The third-order valence-corrected chi connectivity index (χ3v) is 3.41. The first kappa shape index (κ1) is 12.4. The van der Waals surface area contributed by atoms with Gasteiger partial charge in [0.15, 0.2) is 0 Å². The summed E-state index contributed by atoms with van der Waals surface area (Å²) in [5.74, 6) is -0.889. The van der Waals surface area contributed by atoms with Crippen molar-refractivity contribution in [2.24, 2.45) is 0 Å². The van der Waals surface area contributed by atoms with E-state index >= 15 is 0 Å². The standard InChI is InChI=1S/C16H14N2O2/c1-11-6-7-12(8-13(11)16(19)20)9-18-10-17-14-4-2-3-5-15(14)18/h2-8,10H,9H2,1H3,(H,19,20). The lowest BCUT2D eigenvalue weighted by molar-refractivity contribution is 0.0696. The molecule has 0 aliphatic carbocycles. The van der Waals surface area contributed by atoms with Crippen molar-refractivity contribution >= 4 is 17.0 Å². The van der Waals surface area contributed by atoms with Crippen LogP contribution in [0.15, 0.2) is 48.8 Å². The second-order valence-electron chi connectivity index (χ2n) is 4.82. The number of rotatable bonds is 3. The van der Waals surface area contributed by atoms with Crippen LogP contribution >= 0.6 is 0 Å². The van der Waals surface area contributed by atoms with E-state index in [2.05, 4.69) is 4.98 Å². The Balaban J connectivity index is 1.99. The number of hydrogen-bond acceptors (Lipinski definition) is 2. The van der Waals surface area contributed by atoms with E-state index < -0.39 is 5.97 Å². The summed E-state index contributed by atoms with van der Waals surface area (Å²) in [5.41, 5.74) is 4.07. The summed E-state index contributed by atoms with van der Waals surface area (Å²) < 4.78 is 2.02. The average Bonchev–Trinajstić information content (AvgIpc) is 2.84. The van der Waals surface area contributed by atoms with Crippen molar-refractivity contribution in [2.45, 2.75) is 13.5 Å². The van der Waals surface area contributed by atoms with Crippen LogP contribution in [0.1, 0.15) is 21.5 Å². The molecule has 0 unspecified atom stereocenters. The molecular formula is C16H14N2O2. The number of para-hydroxylation sites is 2. The highest BCUT2D eigenvalue weighted by molar-refractivity contribution is 5.89. The zero-order valence-electron chi connectivity index (χ0n) is 11.1. The van der Waals surface area contributed by atoms with E-state index in [1.165, 1.54) is 0 Å². The second kappa shape index (κ2) is 4.81. The number of aromatic nitrogens is 2. The molecular weight excluding hydrogens is 252 g/mol. The molecule has 4 heteroatoms. The molecule has 0 bridgehead atoms. The Bertz CT molecular complexity index is 790. The van der Waals surface area contributed by atoms with Crippen molar-refractivity contribution in [1.29, 1.82) is 0 Å². The van der Waals surface area contributed by atoms with Gasteiger partial charge in [0.05, 0.1) is 22.9 Å². The van der Waals surface area contributed by atoms with Crippen LogP contribution in [0.4, 0.5) is 0 Å². The maximum Gasteiger partial charge on any atom is 0.335 e. The van der Waals surface area contributed by atoms with E-state index in [0.717, 1.165) is 22.2 Å². The number of carboxylic acids is 1. The van der Waals surface area contributed by atoms with Gasteiger partial charge in [-0.3, -0.25) is 0 Å². The van der Waals surface area contributed by atoms with Crippen LogP contribution in [0, 0.1) is 6.92 Å². The van der Waals surface area contributed by atoms with E-state index in [4.69, 9.17) is 5.11 Å². The number of aryl methyl sites for hydroxylation is 1. The highest BCUT2D eigenvalue weighted by Gasteiger charge is 2.09. The van der Waals surface area contributed by atoms with E-state index in [1.807, 2.05) is 41.0 Å². The molecule has 4 nitrogen and oxygen atoms in total. The van der Waals surface area contributed by atoms with Crippen LogP contribution < -0.4 is 0 Å². The van der Waals surface area contributed by atoms with E-state index in [-0.39, 0.29) is 0 Å². The molecule has 20 heavy (non-hydrogen) atoms. The summed E-state index contributed by atoms with van der Waals surface area (Å²) in [5, 5.41) is 9.17. The summed E-state index contributed by atoms with van der Waals surface area (Å²) >= 11 is 0. The normalized spacial score (nSPS) is 10.8. The van der Waals surface area contributed by atoms with Gasteiger partial charge in [0.25, 0.3) is 0 Å². The number of benzene rings is 2. The smallest absolute Gasteiger partial charge is 0.335 e. The number of carbonyl (C=O) groups is 1. The average molecular weight is 266 g/mol. The Morgan fingerprint density at radius 1 is 1.25 bits per heavy atom. The van der Waals surface area contributed by atoms with Gasteiger partial charge in [-0.1, -0.05) is 24.3 Å². The second-order valence-corrected chi connectivity index (χ2v) is 4.82. The maximum absolute atomic E-state index is 11.2. The summed E-state index contributed by atoms with van der Waals surface area (Å²) in [4.78, 5) is 15.5. The van der Waals surface area contributed by atoms with Gasteiger partial charge in [-0.25, -0.2) is 9.78 Å². The Labute approximate surface area is 116 Å². The maximum atomic E-state index is 11.2. The molecule has 1 heterocycles. The number of hydrogen-bond donors (Lipinski definition) is 1. The number of aromatic carboxylic acids is 1. The first-order chi connectivity index (χ1) is 9.65. The van der Waals surface area contributed by atoms with Gasteiger partial charge >= 0.3 is 5.97 Å². The number of nitrogens with zero attached hydrogens (tertiary/aromatic N) is 2. The lowest BCUT2D eigenvalue weighted by atomic mass is 10.1. The van der Waals surface area contributed by atoms with Crippen molar-refractivity contribution in [3.8, 4) is 0 Å². The van der Waals surface area contributed by atoms with Crippen molar-refractivity contribution in [2.75, 3.05) is 0 Å². The van der Waals surface area contributed by atoms with Crippen LogP contribution in [0.5, 0.6) is 0 Å². The van der Waals surface area contributed by atoms with Gasteiger partial charge in [0, 0.05) is 6.54 Å². The molecule has 3 aromatic rings. The summed E-state index contributed by atoms with van der Waals surface area (Å²) in [6.07, 6.45) is 1.78. The predicted octanol–water partition coefficient (Wildman–Crippen LogP) is 3.09. The fourth-order valence-electron chi connectivity index (χ4n) is 2.33. The molecule has 0 aliphatic rings. The van der Waals surface area contributed by atoms with Crippen molar-refractivity contribution in [3.05, 3.63) is 65.5 Å². The molecule has 0 fully saturated rings. The molecule has 100 valence electrons. The van der Waals surface area contributed by atoms with Crippen molar-refractivity contribution in [1.82, 2.24) is 9.55 Å². The Hall–Kier alpha value is -2.62. The van der Waals surface area contributed by atoms with Crippen LogP contribution in [0.3, 0.4) is 0 Å². The van der Waals surface area contributed by atoms with Gasteiger partial charge < -0.3 is 9.67 Å². The lowest BCUT2D eigenvalue weighted by Crippen LogP contribution is -2.03. The number of carboxylic acid groups (broad SMARTS) is 1. The van der Waals surface area contributed by atoms with Gasteiger partial charge in [0.2, 0.25) is 0 Å². The molecule has 0 aliphatic heterocycles. The monoisotopic (exact) mass is 266 g/mol. The molecule has 2 aromatic carbocycles. The number of fused-ring (bicyclic) bond motifs is 1. The molecule has 0 saturated carbocycles. The SMILES string of the molecule is Cc1ccc(Cn2cnc3ccccc32)cc1C(=O)O. The largest absolute Gasteiger partial charge is 0.478 e. The minimum Gasteiger partial charge on any atom is -0.478 e. The summed E-state index contributed by atoms with van der Waals surface area (Å²) in [6.45, 7) is 2.42. The van der Waals surface area contributed by atoms with Gasteiger partial charge in [-0.05, 0) is 36.2 Å². The van der Waals surface area contributed by atoms with Crippen molar-refractivity contribution < 1.29 is 9.90 Å². The fraction of sp³-hybridized carbons (Fsp3) is 0.125. The van der Waals surface area contributed by atoms with Gasteiger partial charge in [-0.2, -0.15) is 0 Å². The lowest BCUT2D eigenvalue weighted by Gasteiger charge is -2.07. The third kappa shape index (κ3) is 2.16. The first-order valence-corrected chi connectivity index (χ1v) is 6.38. The summed E-state index contributed by atoms with van der Waals surface area (Å²) in [6, 6.07) is 13.4. The molecule has 1 aromatic heterocycles. The van der Waals surface area contributed by atoms with Crippen molar-refractivity contribution in [3.63, 3.8) is 0 Å². The van der Waals surface area contributed by atoms with Crippen LogP contribution in [0.25, 0.3) is 11.0 Å². The van der Waals surface area contributed by atoms with Gasteiger partial charge in [0.1, 0.15) is 0 Å². The molecule has 3 rings (SSSR count). The van der Waals surface area contributed by atoms with Crippen LogP contribution in [-0.2, 0) is 6.54 Å². The molecule has 1 N–H and O–H groups in total. The van der Waals surface area contributed by atoms with E-state index in [9.17, 15) is 4.79 Å². The zero-order chi connectivity index (χ0) is 14.1. The molecule has 0 spiro atoms. The number of imidazole rings is 1. The van der Waals surface area contributed by atoms with E-state index in [1.54, 1.807) is 19.3 Å². The van der Waals surface area contributed by atoms with Crippen LogP contribution in [0.2, 0.25) is 0 Å². The minimum absolute atomic E-state index is 0.354. The molecule has 0 amide bonds. The highest BCUT2D eigenvalue weighted by atomic mass is 16.4. The minimum atomic E-state index is -0.889. The van der Waals surface area contributed by atoms with Gasteiger partial charge in [-0.15, -0.1) is 0 Å². The highest BCUT2D eigenvalue weighted by Crippen LogP contribution is 2.16. The Kier molecular flexibility index (Phi) is 2.99. The first-order valence-electron chi connectivity index (χ1n) is 6.38. The molecule has 0 atom stereocenters. The molecule has 0 radical (unpaired) electrons. The Morgan fingerprint density at radius 3 is 2.85 bits per heavy atom. The third-order valence-electron chi connectivity index (χ3n) is 3.41. The zero-order valence-corrected chi connectivity index (χ0v) is 11.1.